The van der Waals surface area contributed by atoms with Crippen molar-refractivity contribution in [3.8, 4) is 0 Å². The fourth-order valence-electron chi connectivity index (χ4n) is 2.46. The zero-order chi connectivity index (χ0) is 14.9. The molecular weight excluding hydrogens is 294 g/mol. The summed E-state index contributed by atoms with van der Waals surface area (Å²) in [4.78, 5) is 24.8. The number of nitrogens with one attached hydrogen (secondary N) is 1. The summed E-state index contributed by atoms with van der Waals surface area (Å²) in [6, 6.07) is 4.85. The van der Waals surface area contributed by atoms with Crippen molar-refractivity contribution >= 4 is 24.0 Å². The molecule has 1 heterocycles. The van der Waals surface area contributed by atoms with Crippen molar-refractivity contribution in [2.24, 2.45) is 0 Å². The summed E-state index contributed by atoms with van der Waals surface area (Å²) in [7, 11) is 0. The Bertz CT molecular complexity index is 550. The highest BCUT2D eigenvalue weighted by Gasteiger charge is 2.28. The largest absolute Gasteiger partial charge is 0.333 e. The van der Waals surface area contributed by atoms with Crippen LogP contribution in [0.15, 0.2) is 18.2 Å². The molecule has 2 unspecified atom stereocenters. The number of non-ortho nitro benzene ring substituents is 1. The molecule has 21 heavy (non-hydrogen) atoms. The van der Waals surface area contributed by atoms with E-state index in [9.17, 15) is 14.9 Å². The summed E-state index contributed by atoms with van der Waals surface area (Å²) in [5, 5.41) is 14.2. The fraction of sp³-hybridized carbons (Fsp3) is 0.500. The van der Waals surface area contributed by atoms with Crippen molar-refractivity contribution in [1.29, 1.82) is 0 Å². The number of benzene rings is 1. The van der Waals surface area contributed by atoms with E-state index in [0.29, 0.717) is 12.1 Å². The van der Waals surface area contributed by atoms with Gasteiger partial charge in [-0.3, -0.25) is 14.9 Å². The molecule has 1 aromatic carbocycles. The SMILES string of the molecule is Cc1cc(C(=O)N2CC(C)NCC2C)cc([N+](=O)[O-])c1.Cl. The molecule has 2 atom stereocenters. The van der Waals surface area contributed by atoms with E-state index in [-0.39, 0.29) is 36.1 Å². The highest BCUT2D eigenvalue weighted by Crippen LogP contribution is 2.20. The first kappa shape index (κ1) is 17.4. The molecule has 2 rings (SSSR count). The lowest BCUT2D eigenvalue weighted by Gasteiger charge is -2.37. The molecule has 6 nitrogen and oxygen atoms in total. The van der Waals surface area contributed by atoms with Gasteiger partial charge < -0.3 is 10.2 Å². The number of nitrogens with zero attached hydrogens (tertiary/aromatic N) is 2. The van der Waals surface area contributed by atoms with Gasteiger partial charge in [-0.2, -0.15) is 0 Å². The van der Waals surface area contributed by atoms with E-state index in [2.05, 4.69) is 5.32 Å². The average Bonchev–Trinajstić information content (AvgIpc) is 2.40. The maximum atomic E-state index is 12.6. The predicted octanol–water partition coefficient (Wildman–Crippen LogP) is 2.15. The Morgan fingerprint density at radius 1 is 1.38 bits per heavy atom. The van der Waals surface area contributed by atoms with E-state index in [1.807, 2.05) is 13.8 Å². The van der Waals surface area contributed by atoms with Crippen molar-refractivity contribution in [1.82, 2.24) is 10.2 Å². The van der Waals surface area contributed by atoms with Gasteiger partial charge >= 0.3 is 0 Å². The van der Waals surface area contributed by atoms with Crippen molar-refractivity contribution < 1.29 is 9.72 Å². The third kappa shape index (κ3) is 3.92. The number of carbonyl (C=O) groups excluding carboxylic acids is 1. The third-order valence-corrected chi connectivity index (χ3v) is 3.55. The molecule has 0 saturated carbocycles. The van der Waals surface area contributed by atoms with Gasteiger partial charge in [0.05, 0.1) is 4.92 Å². The highest BCUT2D eigenvalue weighted by atomic mass is 35.5. The van der Waals surface area contributed by atoms with E-state index in [4.69, 9.17) is 0 Å². The quantitative estimate of drug-likeness (QED) is 0.670. The molecule has 1 fully saturated rings. The standard InChI is InChI=1S/C14H19N3O3.ClH/c1-9-4-12(6-13(5-9)17(19)20)14(18)16-8-10(2)15-7-11(16)3;/h4-6,10-11,15H,7-8H2,1-3H3;1H. The van der Waals surface area contributed by atoms with E-state index < -0.39 is 4.92 Å². The van der Waals surface area contributed by atoms with Crippen LogP contribution in [0.5, 0.6) is 0 Å². The van der Waals surface area contributed by atoms with Gasteiger partial charge in [0.2, 0.25) is 0 Å². The number of halogens is 1. The van der Waals surface area contributed by atoms with Crippen molar-refractivity contribution in [3.63, 3.8) is 0 Å². The number of piperazine rings is 1. The molecule has 1 aliphatic rings. The number of carbonyl (C=O) groups is 1. The summed E-state index contributed by atoms with van der Waals surface area (Å²) in [6.07, 6.45) is 0. The lowest BCUT2D eigenvalue weighted by molar-refractivity contribution is -0.384. The topological polar surface area (TPSA) is 75.5 Å². The highest BCUT2D eigenvalue weighted by molar-refractivity contribution is 5.95. The first-order valence-corrected chi connectivity index (χ1v) is 6.69. The zero-order valence-electron chi connectivity index (χ0n) is 12.3. The second-order valence-electron chi connectivity index (χ2n) is 5.43. The van der Waals surface area contributed by atoms with Crippen LogP contribution in [-0.2, 0) is 0 Å². The maximum absolute atomic E-state index is 12.6. The van der Waals surface area contributed by atoms with E-state index in [0.717, 1.165) is 12.1 Å². The van der Waals surface area contributed by atoms with Gasteiger partial charge in [-0.05, 0) is 32.4 Å². The smallest absolute Gasteiger partial charge is 0.270 e. The van der Waals surface area contributed by atoms with Crippen molar-refractivity contribution in [2.45, 2.75) is 32.9 Å². The molecular formula is C14H20ClN3O3. The Balaban J connectivity index is 0.00000220. The monoisotopic (exact) mass is 313 g/mol. The van der Waals surface area contributed by atoms with Gasteiger partial charge in [-0.25, -0.2) is 0 Å². The van der Waals surface area contributed by atoms with Crippen molar-refractivity contribution in [2.75, 3.05) is 13.1 Å². The number of amides is 1. The number of hydrogen-bond acceptors (Lipinski definition) is 4. The number of aryl methyl sites for hydroxylation is 1. The summed E-state index contributed by atoms with van der Waals surface area (Å²) in [5.41, 5.74) is 1.07. The summed E-state index contributed by atoms with van der Waals surface area (Å²) in [5.74, 6) is -0.141. The number of nitro benzene ring substituents is 1. The summed E-state index contributed by atoms with van der Waals surface area (Å²) < 4.78 is 0. The molecule has 116 valence electrons. The minimum atomic E-state index is -0.465. The van der Waals surface area contributed by atoms with Crippen LogP contribution >= 0.6 is 12.4 Å². The molecule has 1 saturated heterocycles. The summed E-state index contributed by atoms with van der Waals surface area (Å²) >= 11 is 0. The number of hydrogen-bond donors (Lipinski definition) is 1. The maximum Gasteiger partial charge on any atom is 0.270 e. The normalized spacial score (nSPS) is 21.6. The van der Waals surface area contributed by atoms with E-state index >= 15 is 0 Å². The van der Waals surface area contributed by atoms with Crippen LogP contribution in [0.2, 0.25) is 0 Å². The molecule has 7 heteroatoms. The molecule has 1 N–H and O–H groups in total. The van der Waals surface area contributed by atoms with Gasteiger partial charge in [0.15, 0.2) is 0 Å². The second kappa shape index (κ2) is 6.87. The van der Waals surface area contributed by atoms with Crippen LogP contribution in [-0.4, -0.2) is 40.9 Å². The van der Waals surface area contributed by atoms with Crippen LogP contribution < -0.4 is 5.32 Å². The van der Waals surface area contributed by atoms with Gasteiger partial charge in [0, 0.05) is 42.9 Å². The zero-order valence-corrected chi connectivity index (χ0v) is 13.1. The Kier molecular flexibility index (Phi) is 5.69. The average molecular weight is 314 g/mol. The van der Waals surface area contributed by atoms with Crippen LogP contribution in [0, 0.1) is 17.0 Å². The molecule has 0 aromatic heterocycles. The first-order chi connectivity index (χ1) is 9.38. The minimum absolute atomic E-state index is 0. The molecule has 0 aliphatic carbocycles. The molecule has 0 bridgehead atoms. The Morgan fingerprint density at radius 3 is 2.67 bits per heavy atom. The molecule has 0 spiro atoms. The Labute approximate surface area is 130 Å². The minimum Gasteiger partial charge on any atom is -0.333 e. The lowest BCUT2D eigenvalue weighted by Crippen LogP contribution is -2.56. The van der Waals surface area contributed by atoms with Gasteiger partial charge in [0.1, 0.15) is 0 Å². The van der Waals surface area contributed by atoms with Gasteiger partial charge in [-0.1, -0.05) is 0 Å². The second-order valence-corrected chi connectivity index (χ2v) is 5.43. The van der Waals surface area contributed by atoms with Crippen LogP contribution in [0.3, 0.4) is 0 Å². The van der Waals surface area contributed by atoms with Crippen LogP contribution in [0.4, 0.5) is 5.69 Å². The molecule has 1 aromatic rings. The van der Waals surface area contributed by atoms with Gasteiger partial charge in [-0.15, -0.1) is 12.4 Å². The lowest BCUT2D eigenvalue weighted by atomic mass is 10.1. The number of nitro groups is 1. The summed E-state index contributed by atoms with van der Waals surface area (Å²) in [6.45, 7) is 7.10. The predicted molar refractivity (Wildman–Crippen MR) is 83.0 cm³/mol. The van der Waals surface area contributed by atoms with E-state index in [1.165, 1.54) is 12.1 Å². The fourth-order valence-corrected chi connectivity index (χ4v) is 2.46. The van der Waals surface area contributed by atoms with Crippen LogP contribution in [0.1, 0.15) is 29.8 Å². The van der Waals surface area contributed by atoms with Crippen molar-refractivity contribution in [3.05, 3.63) is 39.4 Å². The molecule has 1 aliphatic heterocycles. The molecule has 0 radical (unpaired) electrons. The first-order valence-electron chi connectivity index (χ1n) is 6.69. The van der Waals surface area contributed by atoms with Crippen LogP contribution in [0.25, 0.3) is 0 Å². The Hall–Kier alpha value is -1.66. The Morgan fingerprint density at radius 2 is 2.05 bits per heavy atom. The van der Waals surface area contributed by atoms with E-state index in [1.54, 1.807) is 17.9 Å². The van der Waals surface area contributed by atoms with Gasteiger partial charge in [0.25, 0.3) is 11.6 Å². The third-order valence-electron chi connectivity index (χ3n) is 3.55. The molecule has 1 amide bonds. The number of rotatable bonds is 2.